The molecule has 7 nitrogen and oxygen atoms in total. The summed E-state index contributed by atoms with van der Waals surface area (Å²) >= 11 is 0. The topological polar surface area (TPSA) is 77.7 Å². The van der Waals surface area contributed by atoms with Gasteiger partial charge in [0.2, 0.25) is 5.43 Å². The number of H-pyrrole nitrogens is 1. The van der Waals surface area contributed by atoms with Gasteiger partial charge in [0.1, 0.15) is 11.3 Å². The molecule has 1 fully saturated rings. The number of rotatable bonds is 10. The van der Waals surface area contributed by atoms with Crippen LogP contribution in [0.15, 0.2) is 89.9 Å². The second kappa shape index (κ2) is 12.7. The zero-order chi connectivity index (χ0) is 27.0. The Balaban J connectivity index is 1.09. The first kappa shape index (κ1) is 26.7. The van der Waals surface area contributed by atoms with Gasteiger partial charge in [0.15, 0.2) is 0 Å². The zero-order valence-corrected chi connectivity index (χ0v) is 22.4. The van der Waals surface area contributed by atoms with Gasteiger partial charge in [-0.3, -0.25) is 14.5 Å². The van der Waals surface area contributed by atoms with Crippen LogP contribution in [0, 0.1) is 0 Å². The number of carbonyl (C=O) groups excluding carboxylic acids is 1. The lowest BCUT2D eigenvalue weighted by Crippen LogP contribution is -2.48. The molecular formula is C32H36N4O3. The number of aromatic nitrogens is 1. The number of piperazine rings is 1. The van der Waals surface area contributed by atoms with Gasteiger partial charge in [0.25, 0.3) is 5.91 Å². The zero-order valence-electron chi connectivity index (χ0n) is 22.4. The minimum atomic E-state index is -0.345. The lowest BCUT2D eigenvalue weighted by Gasteiger charge is -2.39. The van der Waals surface area contributed by atoms with Crippen LogP contribution in [-0.2, 0) is 0 Å². The van der Waals surface area contributed by atoms with Gasteiger partial charge in [-0.25, -0.2) is 0 Å². The molecule has 0 bridgehead atoms. The van der Waals surface area contributed by atoms with Crippen LogP contribution < -0.4 is 15.5 Å². The van der Waals surface area contributed by atoms with E-state index < -0.39 is 0 Å². The normalized spacial score (nSPS) is 14.5. The van der Waals surface area contributed by atoms with Gasteiger partial charge in [-0.1, -0.05) is 66.7 Å². The number of pyridine rings is 1. The molecular weight excluding hydrogens is 488 g/mol. The maximum atomic E-state index is 12.8. The summed E-state index contributed by atoms with van der Waals surface area (Å²) in [5.74, 6) is 0.232. The average molecular weight is 525 g/mol. The van der Waals surface area contributed by atoms with Crippen LogP contribution in [0.4, 0.5) is 0 Å². The quantitative estimate of drug-likeness (QED) is 0.300. The Bertz CT molecular complexity index is 1390. The molecule has 0 atom stereocenters. The number of hydrogen-bond donors (Lipinski definition) is 2. The average Bonchev–Trinajstić information content (AvgIpc) is 2.99. The van der Waals surface area contributed by atoms with E-state index >= 15 is 0 Å². The standard InChI is InChI=1S/C32H36N4O3/c1-39-28-16-10-15-26-29(28)34-23-27(31(26)37)32(38)33-17-8-9-18-35-19-21-36(22-20-35)30(24-11-4-2-5-12-24)25-13-6-3-7-14-25/h2-7,10-16,23,30H,8-9,17-22H2,1H3,(H,33,38)(H,34,37). The van der Waals surface area contributed by atoms with E-state index in [-0.39, 0.29) is 22.9 Å². The number of amides is 1. The molecule has 0 saturated carbocycles. The van der Waals surface area contributed by atoms with Crippen LogP contribution in [-0.4, -0.2) is 67.1 Å². The van der Waals surface area contributed by atoms with Gasteiger partial charge in [0.05, 0.1) is 24.1 Å². The number of aromatic amines is 1. The van der Waals surface area contributed by atoms with E-state index in [1.807, 2.05) is 0 Å². The number of para-hydroxylation sites is 1. The first-order valence-corrected chi connectivity index (χ1v) is 13.7. The van der Waals surface area contributed by atoms with E-state index in [1.54, 1.807) is 25.3 Å². The first-order chi connectivity index (χ1) is 19.2. The summed E-state index contributed by atoms with van der Waals surface area (Å²) in [5.41, 5.74) is 3.09. The van der Waals surface area contributed by atoms with E-state index in [1.165, 1.54) is 17.3 Å². The number of ether oxygens (including phenoxy) is 1. The molecule has 4 aromatic rings. The molecule has 0 unspecified atom stereocenters. The Morgan fingerprint density at radius 3 is 2.21 bits per heavy atom. The van der Waals surface area contributed by atoms with Crippen molar-refractivity contribution >= 4 is 16.8 Å². The smallest absolute Gasteiger partial charge is 0.256 e. The van der Waals surface area contributed by atoms with E-state index in [2.05, 4.69) is 80.8 Å². The van der Waals surface area contributed by atoms with Crippen LogP contribution >= 0.6 is 0 Å². The second-order valence-electron chi connectivity index (χ2n) is 9.98. The summed E-state index contributed by atoms with van der Waals surface area (Å²) in [5, 5.41) is 3.36. The number of nitrogens with one attached hydrogen (secondary N) is 2. The Morgan fingerprint density at radius 1 is 0.897 bits per heavy atom. The second-order valence-corrected chi connectivity index (χ2v) is 9.98. The molecule has 1 aliphatic rings. The SMILES string of the molecule is COc1cccc2c(=O)c(C(=O)NCCCCN3CCN(C(c4ccccc4)c4ccccc4)CC3)c[nH]c12. The molecule has 39 heavy (non-hydrogen) atoms. The minimum Gasteiger partial charge on any atom is -0.495 e. The van der Waals surface area contributed by atoms with Crippen LogP contribution in [0.25, 0.3) is 10.9 Å². The molecule has 202 valence electrons. The monoisotopic (exact) mass is 524 g/mol. The Morgan fingerprint density at radius 2 is 1.56 bits per heavy atom. The Hall–Kier alpha value is -3.94. The number of unbranched alkanes of at least 4 members (excludes halogenated alkanes) is 1. The summed E-state index contributed by atoms with van der Waals surface area (Å²) in [6, 6.07) is 27.0. The van der Waals surface area contributed by atoms with Crippen molar-refractivity contribution in [3.05, 3.63) is 112 Å². The van der Waals surface area contributed by atoms with Crippen LogP contribution in [0.1, 0.15) is 40.4 Å². The van der Waals surface area contributed by atoms with Crippen molar-refractivity contribution in [1.82, 2.24) is 20.1 Å². The molecule has 0 aliphatic carbocycles. The van der Waals surface area contributed by atoms with E-state index in [0.29, 0.717) is 23.2 Å². The van der Waals surface area contributed by atoms with Crippen LogP contribution in [0.2, 0.25) is 0 Å². The van der Waals surface area contributed by atoms with Gasteiger partial charge in [-0.15, -0.1) is 0 Å². The summed E-state index contributed by atoms with van der Waals surface area (Å²) in [6.07, 6.45) is 3.33. The lowest BCUT2D eigenvalue weighted by molar-refractivity contribution is 0.0948. The fraction of sp³-hybridized carbons (Fsp3) is 0.312. The highest BCUT2D eigenvalue weighted by atomic mass is 16.5. The molecule has 5 rings (SSSR count). The summed E-state index contributed by atoms with van der Waals surface area (Å²) in [6.45, 7) is 5.62. The van der Waals surface area contributed by atoms with Crippen LogP contribution in [0.3, 0.4) is 0 Å². The first-order valence-electron chi connectivity index (χ1n) is 13.7. The highest BCUT2D eigenvalue weighted by molar-refractivity contribution is 5.97. The third-order valence-corrected chi connectivity index (χ3v) is 7.53. The fourth-order valence-electron chi connectivity index (χ4n) is 5.45. The molecule has 1 amide bonds. The van der Waals surface area contributed by atoms with Gasteiger partial charge < -0.3 is 19.9 Å². The maximum Gasteiger partial charge on any atom is 0.256 e. The van der Waals surface area contributed by atoms with Gasteiger partial charge in [-0.2, -0.15) is 0 Å². The van der Waals surface area contributed by atoms with Crippen molar-refractivity contribution in [2.45, 2.75) is 18.9 Å². The molecule has 1 aromatic heterocycles. The van der Waals surface area contributed by atoms with Crippen molar-refractivity contribution in [1.29, 1.82) is 0 Å². The molecule has 2 heterocycles. The molecule has 0 spiro atoms. The van der Waals surface area contributed by atoms with E-state index in [9.17, 15) is 9.59 Å². The Kier molecular flexibility index (Phi) is 8.71. The third kappa shape index (κ3) is 6.21. The highest BCUT2D eigenvalue weighted by Gasteiger charge is 2.26. The van der Waals surface area contributed by atoms with Gasteiger partial charge >= 0.3 is 0 Å². The molecule has 1 saturated heterocycles. The lowest BCUT2D eigenvalue weighted by atomic mass is 9.96. The highest BCUT2D eigenvalue weighted by Crippen LogP contribution is 2.29. The van der Waals surface area contributed by atoms with Gasteiger partial charge in [0, 0.05) is 38.9 Å². The Labute approximate surface area is 229 Å². The van der Waals surface area contributed by atoms with Crippen molar-refractivity contribution in [3.63, 3.8) is 0 Å². The van der Waals surface area contributed by atoms with Crippen molar-refractivity contribution in [2.24, 2.45) is 0 Å². The van der Waals surface area contributed by atoms with E-state index in [4.69, 9.17) is 4.74 Å². The summed E-state index contributed by atoms with van der Waals surface area (Å²) in [4.78, 5) is 33.7. The molecule has 3 aromatic carbocycles. The number of benzene rings is 3. The summed E-state index contributed by atoms with van der Waals surface area (Å²) in [7, 11) is 1.56. The van der Waals surface area contributed by atoms with Gasteiger partial charge in [-0.05, 0) is 42.6 Å². The predicted molar refractivity (Wildman–Crippen MR) is 155 cm³/mol. The van der Waals surface area contributed by atoms with Crippen molar-refractivity contribution in [2.75, 3.05) is 46.4 Å². The minimum absolute atomic E-state index is 0.123. The number of nitrogens with zero attached hydrogens (tertiary/aromatic N) is 2. The maximum absolute atomic E-state index is 12.8. The number of hydrogen-bond acceptors (Lipinski definition) is 5. The summed E-state index contributed by atoms with van der Waals surface area (Å²) < 4.78 is 5.31. The van der Waals surface area contributed by atoms with Crippen molar-refractivity contribution in [3.8, 4) is 5.75 Å². The number of carbonyl (C=O) groups is 1. The number of methoxy groups -OCH3 is 1. The van der Waals surface area contributed by atoms with Crippen LogP contribution in [0.5, 0.6) is 5.75 Å². The predicted octanol–water partition coefficient (Wildman–Crippen LogP) is 4.45. The number of fused-ring (bicyclic) bond motifs is 1. The third-order valence-electron chi connectivity index (χ3n) is 7.53. The molecule has 0 radical (unpaired) electrons. The van der Waals surface area contributed by atoms with Crippen molar-refractivity contribution < 1.29 is 9.53 Å². The largest absolute Gasteiger partial charge is 0.495 e. The molecule has 2 N–H and O–H groups in total. The molecule has 1 aliphatic heterocycles. The molecule has 7 heteroatoms. The van der Waals surface area contributed by atoms with E-state index in [0.717, 1.165) is 45.6 Å². The fourth-order valence-corrected chi connectivity index (χ4v) is 5.45.